The molecular weight excluding hydrogens is 408 g/mol. The van der Waals surface area contributed by atoms with Crippen molar-refractivity contribution in [3.8, 4) is 11.6 Å². The van der Waals surface area contributed by atoms with Gasteiger partial charge in [0.15, 0.2) is 16.3 Å². The van der Waals surface area contributed by atoms with Crippen LogP contribution >= 0.6 is 47.8 Å². The first-order valence-electron chi connectivity index (χ1n) is 4.20. The van der Waals surface area contributed by atoms with Gasteiger partial charge in [0, 0.05) is 6.07 Å². The number of aromatic amines is 1. The van der Waals surface area contributed by atoms with Crippen molar-refractivity contribution in [1.82, 2.24) is 9.97 Å². The Morgan fingerprint density at radius 1 is 1.38 bits per heavy atom. The standard InChI is InChI=1S/C9H5Br3N2O2/c1-3-6(11)9(15)14-8(13-3)5-2-4(10)7(12)16-5/h2H,1H3,(H,13,14,15). The van der Waals surface area contributed by atoms with E-state index in [4.69, 9.17) is 4.42 Å². The van der Waals surface area contributed by atoms with Gasteiger partial charge in [0.25, 0.3) is 5.56 Å². The quantitative estimate of drug-likeness (QED) is 0.778. The molecule has 0 bridgehead atoms. The maximum Gasteiger partial charge on any atom is 0.265 e. The fourth-order valence-corrected chi connectivity index (χ4v) is 1.92. The van der Waals surface area contributed by atoms with E-state index < -0.39 is 0 Å². The fraction of sp³-hybridized carbons (Fsp3) is 0.111. The van der Waals surface area contributed by atoms with Gasteiger partial charge in [-0.05, 0) is 54.7 Å². The number of hydrogen-bond acceptors (Lipinski definition) is 3. The summed E-state index contributed by atoms with van der Waals surface area (Å²) in [5, 5.41) is 0. The van der Waals surface area contributed by atoms with Crippen molar-refractivity contribution in [2.75, 3.05) is 0 Å². The predicted octanol–water partition coefficient (Wildman–Crippen LogP) is 3.63. The molecular formula is C9H5Br3N2O2. The molecule has 0 saturated carbocycles. The number of aromatic nitrogens is 2. The maximum absolute atomic E-state index is 11.5. The van der Waals surface area contributed by atoms with Gasteiger partial charge in [-0.15, -0.1) is 0 Å². The lowest BCUT2D eigenvalue weighted by Gasteiger charge is -1.99. The molecule has 2 aromatic rings. The number of halogens is 3. The molecule has 0 unspecified atom stereocenters. The second-order valence-corrected chi connectivity index (χ2v) is 5.41. The fourth-order valence-electron chi connectivity index (χ4n) is 1.15. The Bertz CT molecular complexity index is 584. The Labute approximate surface area is 116 Å². The monoisotopic (exact) mass is 410 g/mol. The minimum Gasteiger partial charge on any atom is -0.445 e. The summed E-state index contributed by atoms with van der Waals surface area (Å²) >= 11 is 9.67. The van der Waals surface area contributed by atoms with Crippen molar-refractivity contribution in [2.24, 2.45) is 0 Å². The SMILES string of the molecule is Cc1nc(-c2cc(Br)c(Br)o2)[nH]c(=O)c1Br. The summed E-state index contributed by atoms with van der Waals surface area (Å²) in [6.45, 7) is 1.75. The average Bonchev–Trinajstić information content (AvgIpc) is 2.55. The number of rotatable bonds is 1. The molecule has 2 heterocycles. The molecule has 84 valence electrons. The number of furan rings is 1. The predicted molar refractivity (Wildman–Crippen MR) is 70.4 cm³/mol. The number of nitrogens with zero attached hydrogens (tertiary/aromatic N) is 1. The van der Waals surface area contributed by atoms with Gasteiger partial charge in [0.2, 0.25) is 0 Å². The van der Waals surface area contributed by atoms with Gasteiger partial charge in [0.1, 0.15) is 4.47 Å². The Hall–Kier alpha value is -0.400. The lowest BCUT2D eigenvalue weighted by molar-refractivity contribution is 0.548. The van der Waals surface area contributed by atoms with Crippen LogP contribution in [0.5, 0.6) is 0 Å². The summed E-state index contributed by atoms with van der Waals surface area (Å²) in [6, 6.07) is 1.73. The van der Waals surface area contributed by atoms with Gasteiger partial charge in [-0.25, -0.2) is 4.98 Å². The van der Waals surface area contributed by atoms with E-state index in [-0.39, 0.29) is 5.56 Å². The van der Waals surface area contributed by atoms with Crippen LogP contribution in [0.25, 0.3) is 11.6 Å². The molecule has 2 aromatic heterocycles. The van der Waals surface area contributed by atoms with Crippen LogP contribution in [-0.4, -0.2) is 9.97 Å². The van der Waals surface area contributed by atoms with Crippen molar-refractivity contribution < 1.29 is 4.42 Å². The van der Waals surface area contributed by atoms with Crippen LogP contribution in [0.3, 0.4) is 0 Å². The third-order valence-electron chi connectivity index (χ3n) is 1.91. The number of nitrogens with one attached hydrogen (secondary N) is 1. The van der Waals surface area contributed by atoms with E-state index >= 15 is 0 Å². The normalized spacial score (nSPS) is 10.8. The zero-order chi connectivity index (χ0) is 11.9. The van der Waals surface area contributed by atoms with Crippen molar-refractivity contribution >= 4 is 47.8 Å². The van der Waals surface area contributed by atoms with Crippen molar-refractivity contribution in [3.05, 3.63) is 35.7 Å². The number of hydrogen-bond donors (Lipinski definition) is 1. The molecule has 0 aliphatic heterocycles. The first-order chi connectivity index (χ1) is 7.49. The van der Waals surface area contributed by atoms with Gasteiger partial charge >= 0.3 is 0 Å². The Kier molecular flexibility index (Phi) is 3.37. The summed E-state index contributed by atoms with van der Waals surface area (Å²) < 4.78 is 7.13. The molecule has 2 rings (SSSR count). The van der Waals surface area contributed by atoms with Gasteiger partial charge < -0.3 is 9.40 Å². The third-order valence-corrected chi connectivity index (χ3v) is 4.55. The van der Waals surface area contributed by atoms with Crippen LogP contribution in [0.15, 0.2) is 28.9 Å². The molecule has 4 nitrogen and oxygen atoms in total. The van der Waals surface area contributed by atoms with E-state index in [0.717, 1.165) is 4.47 Å². The highest BCUT2D eigenvalue weighted by Crippen LogP contribution is 2.31. The Morgan fingerprint density at radius 3 is 2.56 bits per heavy atom. The first-order valence-corrected chi connectivity index (χ1v) is 6.58. The summed E-state index contributed by atoms with van der Waals surface area (Å²) in [7, 11) is 0. The summed E-state index contributed by atoms with van der Waals surface area (Å²) in [6.07, 6.45) is 0. The van der Waals surface area contributed by atoms with E-state index in [1.165, 1.54) is 0 Å². The molecule has 0 aliphatic rings. The molecule has 0 spiro atoms. The molecule has 0 amide bonds. The zero-order valence-corrected chi connectivity index (χ0v) is 12.7. The van der Waals surface area contributed by atoms with Crippen LogP contribution in [0.2, 0.25) is 0 Å². The van der Waals surface area contributed by atoms with Crippen LogP contribution < -0.4 is 5.56 Å². The minimum atomic E-state index is -0.230. The number of aryl methyl sites for hydroxylation is 1. The van der Waals surface area contributed by atoms with Crippen LogP contribution in [0.1, 0.15) is 5.69 Å². The van der Waals surface area contributed by atoms with Crippen molar-refractivity contribution in [1.29, 1.82) is 0 Å². The smallest absolute Gasteiger partial charge is 0.265 e. The first kappa shape index (κ1) is 12.1. The van der Waals surface area contributed by atoms with E-state index in [1.54, 1.807) is 13.0 Å². The van der Waals surface area contributed by atoms with Crippen molar-refractivity contribution in [2.45, 2.75) is 6.92 Å². The third kappa shape index (κ3) is 2.16. The topological polar surface area (TPSA) is 58.9 Å². The van der Waals surface area contributed by atoms with E-state index in [9.17, 15) is 4.79 Å². The lowest BCUT2D eigenvalue weighted by atomic mass is 10.4. The molecule has 0 radical (unpaired) electrons. The molecule has 0 atom stereocenters. The lowest BCUT2D eigenvalue weighted by Crippen LogP contribution is -2.11. The van der Waals surface area contributed by atoms with Crippen LogP contribution in [-0.2, 0) is 0 Å². The molecule has 0 aliphatic carbocycles. The Balaban J connectivity index is 2.61. The largest absolute Gasteiger partial charge is 0.445 e. The van der Waals surface area contributed by atoms with Gasteiger partial charge in [0.05, 0.1) is 10.2 Å². The van der Waals surface area contributed by atoms with Gasteiger partial charge in [-0.1, -0.05) is 0 Å². The van der Waals surface area contributed by atoms with Gasteiger partial charge in [-0.3, -0.25) is 4.79 Å². The molecule has 0 aromatic carbocycles. The maximum atomic E-state index is 11.5. The highest BCUT2D eigenvalue weighted by Gasteiger charge is 2.12. The van der Waals surface area contributed by atoms with Crippen molar-refractivity contribution in [3.63, 3.8) is 0 Å². The second-order valence-electron chi connectivity index (χ2n) is 3.05. The Morgan fingerprint density at radius 2 is 2.06 bits per heavy atom. The average molecular weight is 413 g/mol. The molecule has 7 heteroatoms. The zero-order valence-electron chi connectivity index (χ0n) is 7.97. The molecule has 1 N–H and O–H groups in total. The van der Waals surface area contributed by atoms with E-state index in [2.05, 4.69) is 57.8 Å². The highest BCUT2D eigenvalue weighted by molar-refractivity contribution is 9.13. The molecule has 0 fully saturated rings. The summed E-state index contributed by atoms with van der Waals surface area (Å²) in [5.41, 5.74) is 0.383. The highest BCUT2D eigenvalue weighted by atomic mass is 79.9. The minimum absolute atomic E-state index is 0.230. The molecule has 16 heavy (non-hydrogen) atoms. The second kappa shape index (κ2) is 4.46. The van der Waals surface area contributed by atoms with E-state index in [1.807, 2.05) is 0 Å². The van der Waals surface area contributed by atoms with E-state index in [0.29, 0.717) is 26.4 Å². The van der Waals surface area contributed by atoms with Crippen LogP contribution in [0, 0.1) is 6.92 Å². The van der Waals surface area contributed by atoms with Gasteiger partial charge in [-0.2, -0.15) is 0 Å². The van der Waals surface area contributed by atoms with Crippen LogP contribution in [0.4, 0.5) is 0 Å². The molecule has 0 saturated heterocycles. The summed E-state index contributed by atoms with van der Waals surface area (Å²) in [5.74, 6) is 0.892. The number of H-pyrrole nitrogens is 1. The summed E-state index contributed by atoms with van der Waals surface area (Å²) in [4.78, 5) is 18.4.